The molecule has 2 nitrogen and oxygen atoms in total. The SMILES string of the molecule is CC(CCN(C)CCN(C)C)c1ccccc1. The fraction of sp³-hybridized carbons (Fsp3) is 0.600. The van der Waals surface area contributed by atoms with Gasteiger partial charge in [-0.2, -0.15) is 0 Å². The number of hydrogen-bond acceptors (Lipinski definition) is 2. The predicted molar refractivity (Wildman–Crippen MR) is 75.5 cm³/mol. The van der Waals surface area contributed by atoms with E-state index in [0.29, 0.717) is 5.92 Å². The molecule has 0 spiro atoms. The van der Waals surface area contributed by atoms with Crippen molar-refractivity contribution in [2.75, 3.05) is 40.8 Å². The molecule has 0 saturated heterocycles. The maximum absolute atomic E-state index is 2.42. The highest BCUT2D eigenvalue weighted by atomic mass is 15.1. The van der Waals surface area contributed by atoms with Gasteiger partial charge in [0.2, 0.25) is 0 Å². The van der Waals surface area contributed by atoms with Crippen molar-refractivity contribution >= 4 is 0 Å². The highest BCUT2D eigenvalue weighted by Crippen LogP contribution is 2.18. The fourth-order valence-electron chi connectivity index (χ4n) is 1.84. The highest BCUT2D eigenvalue weighted by molar-refractivity contribution is 5.18. The van der Waals surface area contributed by atoms with E-state index in [1.54, 1.807) is 0 Å². The van der Waals surface area contributed by atoms with Gasteiger partial charge in [0.25, 0.3) is 0 Å². The summed E-state index contributed by atoms with van der Waals surface area (Å²) in [5, 5.41) is 0. The van der Waals surface area contributed by atoms with Gasteiger partial charge >= 0.3 is 0 Å². The van der Waals surface area contributed by atoms with Crippen LogP contribution in [-0.2, 0) is 0 Å². The van der Waals surface area contributed by atoms with Crippen LogP contribution >= 0.6 is 0 Å². The summed E-state index contributed by atoms with van der Waals surface area (Å²) in [6.45, 7) is 5.77. The molecule has 0 radical (unpaired) electrons. The molecule has 0 aromatic heterocycles. The molecule has 0 fully saturated rings. The van der Waals surface area contributed by atoms with Gasteiger partial charge in [-0.15, -0.1) is 0 Å². The summed E-state index contributed by atoms with van der Waals surface area (Å²) in [5.74, 6) is 0.651. The molecule has 96 valence electrons. The molecule has 0 aliphatic carbocycles. The number of benzene rings is 1. The van der Waals surface area contributed by atoms with Gasteiger partial charge in [0.05, 0.1) is 0 Å². The minimum atomic E-state index is 0.651. The van der Waals surface area contributed by atoms with E-state index in [4.69, 9.17) is 0 Å². The average molecular weight is 234 g/mol. The second-order valence-electron chi connectivity index (χ2n) is 5.21. The highest BCUT2D eigenvalue weighted by Gasteiger charge is 2.06. The summed E-state index contributed by atoms with van der Waals surface area (Å²) >= 11 is 0. The molecule has 17 heavy (non-hydrogen) atoms. The van der Waals surface area contributed by atoms with Gasteiger partial charge in [0.1, 0.15) is 0 Å². The Morgan fingerprint density at radius 2 is 1.59 bits per heavy atom. The van der Waals surface area contributed by atoms with E-state index in [0.717, 1.165) is 13.1 Å². The van der Waals surface area contributed by atoms with Crippen molar-refractivity contribution in [2.24, 2.45) is 0 Å². The zero-order chi connectivity index (χ0) is 12.7. The van der Waals surface area contributed by atoms with E-state index >= 15 is 0 Å². The normalized spacial score (nSPS) is 13.3. The third-order valence-corrected chi connectivity index (χ3v) is 3.24. The lowest BCUT2D eigenvalue weighted by Crippen LogP contribution is -2.29. The van der Waals surface area contributed by atoms with Gasteiger partial charge in [-0.05, 0) is 45.6 Å². The zero-order valence-corrected chi connectivity index (χ0v) is 11.7. The minimum Gasteiger partial charge on any atom is -0.308 e. The molecule has 0 heterocycles. The van der Waals surface area contributed by atoms with Crippen LogP contribution in [0, 0.1) is 0 Å². The average Bonchev–Trinajstić information content (AvgIpc) is 2.34. The first-order valence-corrected chi connectivity index (χ1v) is 6.48. The Morgan fingerprint density at radius 1 is 0.941 bits per heavy atom. The van der Waals surface area contributed by atoms with Gasteiger partial charge < -0.3 is 9.80 Å². The van der Waals surface area contributed by atoms with Crippen LogP contribution in [0.3, 0.4) is 0 Å². The van der Waals surface area contributed by atoms with E-state index in [1.807, 2.05) is 0 Å². The third kappa shape index (κ3) is 5.85. The number of hydrogen-bond donors (Lipinski definition) is 0. The van der Waals surface area contributed by atoms with E-state index in [9.17, 15) is 0 Å². The van der Waals surface area contributed by atoms with Gasteiger partial charge in [-0.1, -0.05) is 37.3 Å². The molecule has 0 N–H and O–H groups in total. The topological polar surface area (TPSA) is 6.48 Å². The third-order valence-electron chi connectivity index (χ3n) is 3.24. The van der Waals surface area contributed by atoms with Crippen molar-refractivity contribution in [1.82, 2.24) is 9.80 Å². The predicted octanol–water partition coefficient (Wildman–Crippen LogP) is 2.67. The van der Waals surface area contributed by atoms with Crippen molar-refractivity contribution in [3.05, 3.63) is 35.9 Å². The summed E-state index contributed by atoms with van der Waals surface area (Å²) in [4.78, 5) is 4.65. The molecule has 0 bridgehead atoms. The molecule has 0 aliphatic heterocycles. The molecule has 1 aromatic carbocycles. The maximum atomic E-state index is 2.42. The molecule has 1 atom stereocenters. The monoisotopic (exact) mass is 234 g/mol. The molecule has 1 rings (SSSR count). The first-order chi connectivity index (χ1) is 8.09. The number of likely N-dealkylation sites (N-methyl/N-ethyl adjacent to an activating group) is 2. The summed E-state index contributed by atoms with van der Waals surface area (Å²) in [5.41, 5.74) is 1.45. The Morgan fingerprint density at radius 3 is 2.18 bits per heavy atom. The van der Waals surface area contributed by atoms with Crippen LogP contribution in [0.2, 0.25) is 0 Å². The molecular weight excluding hydrogens is 208 g/mol. The van der Waals surface area contributed by atoms with Crippen LogP contribution in [0.4, 0.5) is 0 Å². The summed E-state index contributed by atoms with van der Waals surface area (Å²) in [6.07, 6.45) is 1.23. The second kappa shape index (κ2) is 7.46. The molecule has 1 unspecified atom stereocenters. The largest absolute Gasteiger partial charge is 0.308 e. The van der Waals surface area contributed by atoms with Crippen LogP contribution in [-0.4, -0.2) is 50.6 Å². The lowest BCUT2D eigenvalue weighted by molar-refractivity contribution is 0.275. The van der Waals surface area contributed by atoms with Gasteiger partial charge in [0.15, 0.2) is 0 Å². The van der Waals surface area contributed by atoms with E-state index in [-0.39, 0.29) is 0 Å². The van der Waals surface area contributed by atoms with Crippen LogP contribution < -0.4 is 0 Å². The Hall–Kier alpha value is -0.860. The Bertz CT molecular complexity index is 295. The minimum absolute atomic E-state index is 0.651. The van der Waals surface area contributed by atoms with Gasteiger partial charge in [-0.25, -0.2) is 0 Å². The molecule has 2 heteroatoms. The van der Waals surface area contributed by atoms with Gasteiger partial charge in [0, 0.05) is 13.1 Å². The Kier molecular flexibility index (Phi) is 6.23. The lowest BCUT2D eigenvalue weighted by atomic mass is 9.98. The van der Waals surface area contributed by atoms with Crippen molar-refractivity contribution in [3.8, 4) is 0 Å². The van der Waals surface area contributed by atoms with Crippen molar-refractivity contribution in [2.45, 2.75) is 19.3 Å². The first-order valence-electron chi connectivity index (χ1n) is 6.48. The Balaban J connectivity index is 2.26. The van der Waals surface area contributed by atoms with Crippen LogP contribution in [0.25, 0.3) is 0 Å². The summed E-state index contributed by atoms with van der Waals surface area (Å²) in [7, 11) is 6.46. The molecule has 0 saturated carbocycles. The van der Waals surface area contributed by atoms with Crippen molar-refractivity contribution in [3.63, 3.8) is 0 Å². The van der Waals surface area contributed by atoms with E-state index < -0.39 is 0 Å². The van der Waals surface area contributed by atoms with Gasteiger partial charge in [-0.3, -0.25) is 0 Å². The standard InChI is InChI=1S/C15H26N2/c1-14(15-8-6-5-7-9-15)10-11-17(4)13-12-16(2)3/h5-9,14H,10-13H2,1-4H3. The maximum Gasteiger partial charge on any atom is 0.0106 e. The number of nitrogens with zero attached hydrogens (tertiary/aromatic N) is 2. The van der Waals surface area contributed by atoms with Crippen LogP contribution in [0.5, 0.6) is 0 Å². The summed E-state index contributed by atoms with van der Waals surface area (Å²) < 4.78 is 0. The fourth-order valence-corrected chi connectivity index (χ4v) is 1.84. The zero-order valence-electron chi connectivity index (χ0n) is 11.7. The van der Waals surface area contributed by atoms with Crippen molar-refractivity contribution < 1.29 is 0 Å². The number of rotatable bonds is 7. The van der Waals surface area contributed by atoms with Crippen molar-refractivity contribution in [1.29, 1.82) is 0 Å². The summed E-state index contributed by atoms with van der Waals surface area (Å²) in [6, 6.07) is 10.8. The smallest absolute Gasteiger partial charge is 0.0106 e. The molecular formula is C15H26N2. The molecule has 1 aromatic rings. The van der Waals surface area contributed by atoms with E-state index in [2.05, 4.69) is 68.2 Å². The lowest BCUT2D eigenvalue weighted by Gasteiger charge is -2.21. The second-order valence-corrected chi connectivity index (χ2v) is 5.21. The molecule has 0 aliphatic rings. The first kappa shape index (κ1) is 14.2. The van der Waals surface area contributed by atoms with E-state index in [1.165, 1.54) is 18.5 Å². The van der Waals surface area contributed by atoms with Crippen LogP contribution in [0.15, 0.2) is 30.3 Å². The quantitative estimate of drug-likeness (QED) is 0.715. The Labute approximate surface area is 106 Å². The molecule has 0 amide bonds. The van der Waals surface area contributed by atoms with Crippen LogP contribution in [0.1, 0.15) is 24.8 Å².